The van der Waals surface area contributed by atoms with E-state index in [2.05, 4.69) is 0 Å². The van der Waals surface area contributed by atoms with Gasteiger partial charge in [-0.05, 0) is 29.1 Å². The lowest BCUT2D eigenvalue weighted by Gasteiger charge is -2.09. The summed E-state index contributed by atoms with van der Waals surface area (Å²) in [5.74, 6) is 0.0267. The Morgan fingerprint density at radius 1 is 1.27 bits per heavy atom. The topological polar surface area (TPSA) is 40.5 Å². The maximum absolute atomic E-state index is 9.97. The number of rotatable bonds is 2. The Balaban J connectivity index is 2.34. The van der Waals surface area contributed by atoms with E-state index in [4.69, 9.17) is 11.6 Å². The zero-order valence-corrected chi connectivity index (χ0v) is 9.29. The molecule has 0 radical (unpaired) electrons. The minimum atomic E-state index is -0.678. The van der Waals surface area contributed by atoms with Crippen molar-refractivity contribution in [3.8, 4) is 5.75 Å². The van der Waals surface area contributed by atoms with Gasteiger partial charge in [0.25, 0.3) is 0 Å². The third-order valence-corrected chi connectivity index (χ3v) is 3.33. The van der Waals surface area contributed by atoms with Gasteiger partial charge in [0.2, 0.25) is 0 Å². The van der Waals surface area contributed by atoms with Crippen LogP contribution in [0.2, 0.25) is 5.02 Å². The number of hydrogen-bond donors (Lipinski definition) is 2. The maximum Gasteiger partial charge on any atom is 0.134 e. The molecule has 1 aromatic heterocycles. The third kappa shape index (κ3) is 2.15. The van der Waals surface area contributed by atoms with E-state index in [1.54, 1.807) is 12.1 Å². The zero-order chi connectivity index (χ0) is 10.8. The summed E-state index contributed by atoms with van der Waals surface area (Å²) in [6.07, 6.45) is -0.678. The van der Waals surface area contributed by atoms with E-state index < -0.39 is 6.10 Å². The van der Waals surface area contributed by atoms with E-state index in [0.29, 0.717) is 5.56 Å². The van der Waals surface area contributed by atoms with E-state index in [9.17, 15) is 10.2 Å². The van der Waals surface area contributed by atoms with Crippen LogP contribution >= 0.6 is 22.9 Å². The van der Waals surface area contributed by atoms with Gasteiger partial charge >= 0.3 is 0 Å². The largest absolute Gasteiger partial charge is 0.506 e. The number of phenolic OH excluding ortho intramolecular Hbond substituents is 1. The number of thiophene rings is 1. The molecule has 1 atom stereocenters. The second kappa shape index (κ2) is 4.23. The summed E-state index contributed by atoms with van der Waals surface area (Å²) in [6.45, 7) is 0. The quantitative estimate of drug-likeness (QED) is 0.847. The predicted octanol–water partition coefficient (Wildman–Crippen LogP) is 3.19. The molecule has 2 nitrogen and oxygen atoms in total. The second-order valence-electron chi connectivity index (χ2n) is 3.13. The molecular weight excluding hydrogens is 232 g/mol. The first-order chi connectivity index (χ1) is 7.18. The fourth-order valence-corrected chi connectivity index (χ4v) is 2.23. The van der Waals surface area contributed by atoms with Crippen molar-refractivity contribution < 1.29 is 10.2 Å². The first-order valence-corrected chi connectivity index (χ1v) is 5.64. The van der Waals surface area contributed by atoms with Crippen LogP contribution in [0, 0.1) is 0 Å². The van der Waals surface area contributed by atoms with Crippen molar-refractivity contribution in [1.29, 1.82) is 0 Å². The van der Waals surface area contributed by atoms with Gasteiger partial charge < -0.3 is 10.2 Å². The van der Waals surface area contributed by atoms with Gasteiger partial charge in [-0.25, -0.2) is 0 Å². The van der Waals surface area contributed by atoms with Crippen molar-refractivity contribution in [3.05, 3.63) is 51.2 Å². The summed E-state index contributed by atoms with van der Waals surface area (Å²) < 4.78 is 0. The highest BCUT2D eigenvalue weighted by Gasteiger charge is 2.12. The lowest BCUT2D eigenvalue weighted by Crippen LogP contribution is -1.96. The molecule has 2 N–H and O–H groups in total. The summed E-state index contributed by atoms with van der Waals surface area (Å²) in [5.41, 5.74) is 0.681. The molecule has 0 saturated carbocycles. The molecule has 15 heavy (non-hydrogen) atoms. The van der Waals surface area contributed by atoms with Crippen molar-refractivity contribution >= 4 is 22.9 Å². The van der Waals surface area contributed by atoms with Crippen molar-refractivity contribution in [3.63, 3.8) is 0 Å². The number of phenols is 1. The fraction of sp³-hybridized carbons (Fsp3) is 0.0909. The normalized spacial score (nSPS) is 12.7. The van der Waals surface area contributed by atoms with Crippen LogP contribution < -0.4 is 0 Å². The zero-order valence-electron chi connectivity index (χ0n) is 7.72. The number of aliphatic hydroxyl groups excluding tert-OH is 1. The van der Waals surface area contributed by atoms with Crippen LogP contribution in [0.1, 0.15) is 16.5 Å². The molecule has 0 aliphatic heterocycles. The first-order valence-electron chi connectivity index (χ1n) is 4.38. The molecule has 1 aromatic carbocycles. The summed E-state index contributed by atoms with van der Waals surface area (Å²) >= 11 is 7.24. The van der Waals surface area contributed by atoms with Gasteiger partial charge in [-0.2, -0.15) is 0 Å². The van der Waals surface area contributed by atoms with Crippen molar-refractivity contribution in [1.82, 2.24) is 0 Å². The molecule has 0 aliphatic carbocycles. The van der Waals surface area contributed by atoms with E-state index in [0.717, 1.165) is 4.88 Å². The Labute approximate surface area is 96.4 Å². The van der Waals surface area contributed by atoms with Crippen LogP contribution in [-0.4, -0.2) is 10.2 Å². The molecule has 0 saturated heterocycles. The van der Waals surface area contributed by atoms with Gasteiger partial charge in [0, 0.05) is 4.88 Å². The van der Waals surface area contributed by atoms with E-state index in [1.807, 2.05) is 17.5 Å². The highest BCUT2D eigenvalue weighted by Crippen LogP contribution is 2.31. The van der Waals surface area contributed by atoms with Crippen LogP contribution in [0.5, 0.6) is 5.75 Å². The summed E-state index contributed by atoms with van der Waals surface area (Å²) in [4.78, 5) is 0.858. The summed E-state index contributed by atoms with van der Waals surface area (Å²) in [6, 6.07) is 8.45. The van der Waals surface area contributed by atoms with Crippen LogP contribution in [0.4, 0.5) is 0 Å². The Hall–Kier alpha value is -1.03. The molecule has 1 unspecified atom stereocenters. The van der Waals surface area contributed by atoms with Crippen molar-refractivity contribution in [2.45, 2.75) is 6.10 Å². The van der Waals surface area contributed by atoms with Gasteiger partial charge in [0.05, 0.1) is 5.02 Å². The van der Waals surface area contributed by atoms with Gasteiger partial charge in [0.1, 0.15) is 11.9 Å². The molecular formula is C11H9ClO2S. The average Bonchev–Trinajstić information content (AvgIpc) is 2.74. The van der Waals surface area contributed by atoms with Crippen LogP contribution in [-0.2, 0) is 0 Å². The van der Waals surface area contributed by atoms with Crippen LogP contribution in [0.15, 0.2) is 35.7 Å². The molecule has 0 amide bonds. The van der Waals surface area contributed by atoms with Crippen LogP contribution in [0.25, 0.3) is 0 Å². The first kappa shape index (κ1) is 10.5. The van der Waals surface area contributed by atoms with Gasteiger partial charge in [0.15, 0.2) is 0 Å². The number of halogens is 1. The molecule has 2 rings (SSSR count). The molecule has 0 spiro atoms. The highest BCUT2D eigenvalue weighted by molar-refractivity contribution is 7.10. The van der Waals surface area contributed by atoms with E-state index in [-0.39, 0.29) is 10.8 Å². The standard InChI is InChI=1S/C11H9ClO2S/c12-8-6-7(3-4-9(8)13)11(14)10-2-1-5-15-10/h1-6,11,13-14H. The number of benzene rings is 1. The number of aliphatic hydroxyl groups is 1. The van der Waals surface area contributed by atoms with E-state index >= 15 is 0 Å². The smallest absolute Gasteiger partial charge is 0.134 e. The predicted molar refractivity (Wildman–Crippen MR) is 61.5 cm³/mol. The Morgan fingerprint density at radius 3 is 2.67 bits per heavy atom. The minimum Gasteiger partial charge on any atom is -0.506 e. The molecule has 0 fully saturated rings. The fourth-order valence-electron chi connectivity index (χ4n) is 1.30. The van der Waals surface area contributed by atoms with Gasteiger partial charge in [-0.3, -0.25) is 0 Å². The molecule has 0 aliphatic rings. The highest BCUT2D eigenvalue weighted by atomic mass is 35.5. The Morgan fingerprint density at radius 2 is 2.07 bits per heavy atom. The van der Waals surface area contributed by atoms with E-state index in [1.165, 1.54) is 17.4 Å². The van der Waals surface area contributed by atoms with Crippen molar-refractivity contribution in [2.24, 2.45) is 0 Å². The average molecular weight is 241 g/mol. The molecule has 2 aromatic rings. The summed E-state index contributed by atoms with van der Waals surface area (Å²) in [5, 5.41) is 21.4. The Kier molecular flexibility index (Phi) is 2.95. The molecule has 0 bridgehead atoms. The lowest BCUT2D eigenvalue weighted by atomic mass is 10.1. The second-order valence-corrected chi connectivity index (χ2v) is 4.52. The number of aromatic hydroxyl groups is 1. The molecule has 4 heteroatoms. The third-order valence-electron chi connectivity index (χ3n) is 2.10. The van der Waals surface area contributed by atoms with Crippen molar-refractivity contribution in [2.75, 3.05) is 0 Å². The monoisotopic (exact) mass is 240 g/mol. The van der Waals surface area contributed by atoms with Crippen LogP contribution in [0.3, 0.4) is 0 Å². The maximum atomic E-state index is 9.97. The summed E-state index contributed by atoms with van der Waals surface area (Å²) in [7, 11) is 0. The molecule has 1 heterocycles. The molecule has 78 valence electrons. The number of hydrogen-bond acceptors (Lipinski definition) is 3. The SMILES string of the molecule is Oc1ccc(C(O)c2cccs2)cc1Cl. The lowest BCUT2D eigenvalue weighted by molar-refractivity contribution is 0.224. The minimum absolute atomic E-state index is 0.0267. The Bertz CT molecular complexity index is 454. The van der Waals surface area contributed by atoms with Gasteiger partial charge in [-0.1, -0.05) is 23.7 Å². The van der Waals surface area contributed by atoms with Gasteiger partial charge in [-0.15, -0.1) is 11.3 Å².